The second-order valence-electron chi connectivity index (χ2n) is 5.66. The number of carboxylic acid groups (broad SMARTS) is 1. The van der Waals surface area contributed by atoms with Crippen LogP contribution in [0.15, 0.2) is 30.3 Å². The molecule has 108 valence electrons. The van der Waals surface area contributed by atoms with Gasteiger partial charge in [-0.25, -0.2) is 0 Å². The lowest BCUT2D eigenvalue weighted by atomic mass is 9.73. The van der Waals surface area contributed by atoms with Gasteiger partial charge in [-0.2, -0.15) is 0 Å². The zero-order valence-corrected chi connectivity index (χ0v) is 12.0. The molecule has 1 saturated carbocycles. The van der Waals surface area contributed by atoms with E-state index in [4.69, 9.17) is 5.11 Å². The SMILES string of the molecule is CC(CN(C)C(=O)C1CCC1C(=O)O)c1ccccc1. The number of likely N-dealkylation sites (N-methyl/N-ethyl adjacent to an activating group) is 1. The standard InChI is InChI=1S/C16H21NO3/c1-11(12-6-4-3-5-7-12)10-17(2)15(18)13-8-9-14(13)16(19)20/h3-7,11,13-14H,8-10H2,1-2H3,(H,19,20). The van der Waals surface area contributed by atoms with Gasteiger partial charge in [-0.1, -0.05) is 37.3 Å². The lowest BCUT2D eigenvalue weighted by Gasteiger charge is -2.35. The molecule has 0 heterocycles. The third kappa shape index (κ3) is 3.00. The van der Waals surface area contributed by atoms with E-state index in [1.807, 2.05) is 30.3 Å². The molecule has 20 heavy (non-hydrogen) atoms. The summed E-state index contributed by atoms with van der Waals surface area (Å²) in [5.41, 5.74) is 1.19. The van der Waals surface area contributed by atoms with Gasteiger partial charge in [0, 0.05) is 13.6 Å². The minimum atomic E-state index is -0.848. The molecule has 3 unspecified atom stereocenters. The third-order valence-electron chi connectivity index (χ3n) is 4.20. The van der Waals surface area contributed by atoms with Crippen LogP contribution in [0, 0.1) is 11.8 Å². The molecular formula is C16H21NO3. The predicted molar refractivity (Wildman–Crippen MR) is 76.3 cm³/mol. The minimum Gasteiger partial charge on any atom is -0.481 e. The molecule has 1 amide bonds. The van der Waals surface area contributed by atoms with E-state index >= 15 is 0 Å². The van der Waals surface area contributed by atoms with Gasteiger partial charge in [0.1, 0.15) is 0 Å². The van der Waals surface area contributed by atoms with Crippen molar-refractivity contribution in [3.63, 3.8) is 0 Å². The summed E-state index contributed by atoms with van der Waals surface area (Å²) in [6.45, 7) is 2.69. The first-order valence-electron chi connectivity index (χ1n) is 7.03. The molecule has 1 aromatic rings. The average molecular weight is 275 g/mol. The number of aliphatic carboxylic acids is 1. The molecule has 1 fully saturated rings. The Bertz CT molecular complexity index is 486. The molecule has 1 aliphatic rings. The molecule has 0 radical (unpaired) electrons. The highest BCUT2D eigenvalue weighted by Crippen LogP contribution is 2.36. The van der Waals surface area contributed by atoms with Crippen LogP contribution >= 0.6 is 0 Å². The second-order valence-corrected chi connectivity index (χ2v) is 5.66. The van der Waals surface area contributed by atoms with Crippen molar-refractivity contribution in [1.29, 1.82) is 0 Å². The molecular weight excluding hydrogens is 254 g/mol. The summed E-state index contributed by atoms with van der Waals surface area (Å²) in [5.74, 6) is -1.46. The topological polar surface area (TPSA) is 57.6 Å². The maximum atomic E-state index is 12.3. The monoisotopic (exact) mass is 275 g/mol. The normalized spacial score (nSPS) is 22.7. The number of rotatable bonds is 5. The highest BCUT2D eigenvalue weighted by Gasteiger charge is 2.42. The second kappa shape index (κ2) is 6.07. The van der Waals surface area contributed by atoms with Crippen LogP contribution in [-0.4, -0.2) is 35.5 Å². The highest BCUT2D eigenvalue weighted by atomic mass is 16.4. The van der Waals surface area contributed by atoms with E-state index in [9.17, 15) is 9.59 Å². The van der Waals surface area contributed by atoms with Crippen LogP contribution < -0.4 is 0 Å². The number of carbonyl (C=O) groups is 2. The van der Waals surface area contributed by atoms with Crippen LogP contribution in [0.5, 0.6) is 0 Å². The smallest absolute Gasteiger partial charge is 0.307 e. The third-order valence-corrected chi connectivity index (χ3v) is 4.20. The number of benzene rings is 1. The Labute approximate surface area is 119 Å². The van der Waals surface area contributed by atoms with Crippen LogP contribution in [0.25, 0.3) is 0 Å². The summed E-state index contributed by atoms with van der Waals surface area (Å²) in [4.78, 5) is 24.9. The van der Waals surface area contributed by atoms with Crippen molar-refractivity contribution in [2.24, 2.45) is 11.8 Å². The molecule has 0 aromatic heterocycles. The molecule has 4 nitrogen and oxygen atoms in total. The van der Waals surface area contributed by atoms with Crippen molar-refractivity contribution in [2.75, 3.05) is 13.6 Å². The van der Waals surface area contributed by atoms with Crippen molar-refractivity contribution in [3.05, 3.63) is 35.9 Å². The van der Waals surface area contributed by atoms with Gasteiger partial charge in [0.2, 0.25) is 5.91 Å². The lowest BCUT2D eigenvalue weighted by molar-refractivity contribution is -0.156. The average Bonchev–Trinajstić information content (AvgIpc) is 2.37. The van der Waals surface area contributed by atoms with Gasteiger partial charge < -0.3 is 10.0 Å². The predicted octanol–water partition coefficient (Wildman–Crippen LogP) is 2.36. The number of hydrogen-bond donors (Lipinski definition) is 1. The zero-order valence-electron chi connectivity index (χ0n) is 12.0. The van der Waals surface area contributed by atoms with Crippen molar-refractivity contribution in [3.8, 4) is 0 Å². The van der Waals surface area contributed by atoms with E-state index in [-0.39, 0.29) is 17.7 Å². The van der Waals surface area contributed by atoms with E-state index in [1.54, 1.807) is 11.9 Å². The molecule has 1 aromatic carbocycles. The van der Waals surface area contributed by atoms with Gasteiger partial charge in [0.15, 0.2) is 0 Å². The number of carboxylic acids is 1. The summed E-state index contributed by atoms with van der Waals surface area (Å²) >= 11 is 0. The molecule has 0 bridgehead atoms. The fourth-order valence-electron chi connectivity index (χ4n) is 2.76. The molecule has 1 N–H and O–H groups in total. The van der Waals surface area contributed by atoms with E-state index in [0.29, 0.717) is 19.4 Å². The van der Waals surface area contributed by atoms with Gasteiger partial charge in [-0.05, 0) is 24.3 Å². The number of amides is 1. The fourth-order valence-corrected chi connectivity index (χ4v) is 2.76. The summed E-state index contributed by atoms with van der Waals surface area (Å²) in [7, 11) is 1.76. The van der Waals surface area contributed by atoms with E-state index in [0.717, 1.165) is 0 Å². The van der Waals surface area contributed by atoms with Crippen LogP contribution in [0.3, 0.4) is 0 Å². The minimum absolute atomic E-state index is 0.0357. The Balaban J connectivity index is 1.93. The summed E-state index contributed by atoms with van der Waals surface area (Å²) in [5, 5.41) is 9.02. The molecule has 0 spiro atoms. The first-order chi connectivity index (χ1) is 9.50. The molecule has 1 aliphatic carbocycles. The van der Waals surface area contributed by atoms with Crippen LogP contribution in [-0.2, 0) is 9.59 Å². The largest absolute Gasteiger partial charge is 0.481 e. The van der Waals surface area contributed by atoms with Gasteiger partial charge >= 0.3 is 5.97 Å². The van der Waals surface area contributed by atoms with Gasteiger partial charge in [0.25, 0.3) is 0 Å². The van der Waals surface area contributed by atoms with Crippen LogP contribution in [0.2, 0.25) is 0 Å². The van der Waals surface area contributed by atoms with Crippen LogP contribution in [0.4, 0.5) is 0 Å². The van der Waals surface area contributed by atoms with Crippen molar-refractivity contribution >= 4 is 11.9 Å². The van der Waals surface area contributed by atoms with Crippen molar-refractivity contribution < 1.29 is 14.7 Å². The van der Waals surface area contributed by atoms with Gasteiger partial charge in [0.05, 0.1) is 11.8 Å². The Morgan fingerprint density at radius 1 is 1.25 bits per heavy atom. The van der Waals surface area contributed by atoms with E-state index in [2.05, 4.69) is 6.92 Å². The maximum Gasteiger partial charge on any atom is 0.307 e. The Hall–Kier alpha value is -1.84. The summed E-state index contributed by atoms with van der Waals surface area (Å²) in [6, 6.07) is 10.0. The molecule has 3 atom stereocenters. The quantitative estimate of drug-likeness (QED) is 0.897. The molecule has 0 aliphatic heterocycles. The fraction of sp³-hybridized carbons (Fsp3) is 0.500. The maximum absolute atomic E-state index is 12.3. The molecule has 0 saturated heterocycles. The first-order valence-corrected chi connectivity index (χ1v) is 7.03. The Kier molecular flexibility index (Phi) is 4.42. The number of carbonyl (C=O) groups excluding carboxylic acids is 1. The first kappa shape index (κ1) is 14.6. The highest BCUT2D eigenvalue weighted by molar-refractivity contribution is 5.86. The molecule has 4 heteroatoms. The van der Waals surface area contributed by atoms with E-state index in [1.165, 1.54) is 5.56 Å². The van der Waals surface area contributed by atoms with Crippen LogP contribution in [0.1, 0.15) is 31.2 Å². The van der Waals surface area contributed by atoms with Gasteiger partial charge in [-0.15, -0.1) is 0 Å². The lowest BCUT2D eigenvalue weighted by Crippen LogP contribution is -2.45. The van der Waals surface area contributed by atoms with Crippen molar-refractivity contribution in [1.82, 2.24) is 4.90 Å². The Morgan fingerprint density at radius 3 is 2.35 bits per heavy atom. The van der Waals surface area contributed by atoms with E-state index < -0.39 is 11.9 Å². The Morgan fingerprint density at radius 2 is 1.85 bits per heavy atom. The van der Waals surface area contributed by atoms with Gasteiger partial charge in [-0.3, -0.25) is 9.59 Å². The zero-order chi connectivity index (χ0) is 14.7. The summed E-state index contributed by atoms with van der Waals surface area (Å²) in [6.07, 6.45) is 1.31. The molecule has 2 rings (SSSR count). The number of hydrogen-bond acceptors (Lipinski definition) is 2. The summed E-state index contributed by atoms with van der Waals surface area (Å²) < 4.78 is 0. The number of nitrogens with zero attached hydrogens (tertiary/aromatic N) is 1. The van der Waals surface area contributed by atoms with Crippen molar-refractivity contribution in [2.45, 2.75) is 25.7 Å².